The number of hydrogen-bond acceptors (Lipinski definition) is 7. The number of nitrogens with one attached hydrogen (secondary N) is 2. The number of anilines is 1. The van der Waals surface area contributed by atoms with Crippen LogP contribution in [-0.2, 0) is 4.79 Å². The lowest BCUT2D eigenvalue weighted by molar-refractivity contribution is -0.133. The molecular formula is C35H46FN5O4. The van der Waals surface area contributed by atoms with Gasteiger partial charge in [-0.15, -0.1) is 0 Å². The molecule has 10 heteroatoms. The number of amides is 2. The number of benzene rings is 2. The summed E-state index contributed by atoms with van der Waals surface area (Å²) in [5.74, 6) is 1.97. The van der Waals surface area contributed by atoms with Gasteiger partial charge in [0.25, 0.3) is 5.91 Å². The summed E-state index contributed by atoms with van der Waals surface area (Å²) in [5.41, 5.74) is 2.63. The van der Waals surface area contributed by atoms with Crippen LogP contribution in [0, 0.1) is 11.7 Å². The van der Waals surface area contributed by atoms with E-state index < -0.39 is 0 Å². The van der Waals surface area contributed by atoms with Crippen LogP contribution in [0.4, 0.5) is 10.1 Å². The van der Waals surface area contributed by atoms with Crippen molar-refractivity contribution in [2.75, 3.05) is 70.3 Å². The number of rotatable bonds is 8. The highest BCUT2D eigenvalue weighted by molar-refractivity contribution is 5.94. The van der Waals surface area contributed by atoms with E-state index in [1.807, 2.05) is 28.0 Å². The molecule has 2 amide bonds. The lowest BCUT2D eigenvalue weighted by Gasteiger charge is -2.34. The molecule has 7 rings (SSSR count). The van der Waals surface area contributed by atoms with E-state index in [9.17, 15) is 14.0 Å². The average molecular weight is 620 g/mol. The van der Waals surface area contributed by atoms with Gasteiger partial charge in [-0.05, 0) is 74.4 Å². The van der Waals surface area contributed by atoms with E-state index in [1.54, 1.807) is 6.07 Å². The van der Waals surface area contributed by atoms with Crippen LogP contribution in [0.15, 0.2) is 36.4 Å². The fraction of sp³-hybridized carbons (Fsp3) is 0.600. The van der Waals surface area contributed by atoms with Gasteiger partial charge in [0.15, 0.2) is 0 Å². The second kappa shape index (κ2) is 13.5. The molecule has 0 radical (unpaired) electrons. The highest BCUT2D eigenvalue weighted by Gasteiger charge is 2.36. The molecule has 0 unspecified atom stereocenters. The first-order chi connectivity index (χ1) is 22.0. The smallest absolute Gasteiger partial charge is 0.253 e. The van der Waals surface area contributed by atoms with Crippen molar-refractivity contribution in [2.45, 2.75) is 63.1 Å². The maximum atomic E-state index is 14.5. The predicted octanol–water partition coefficient (Wildman–Crippen LogP) is 3.78. The van der Waals surface area contributed by atoms with E-state index in [4.69, 9.17) is 9.47 Å². The minimum absolute atomic E-state index is 0.0249. The first-order valence-corrected chi connectivity index (χ1v) is 17.0. The minimum Gasteiger partial charge on any atom is -0.490 e. The lowest BCUT2D eigenvalue weighted by atomic mass is 9.87. The number of likely N-dealkylation sites (tertiary alicyclic amines) is 2. The summed E-state index contributed by atoms with van der Waals surface area (Å²) in [5, 5.41) is 6.71. The number of nitrogens with zero attached hydrogens (tertiary/aromatic N) is 3. The number of halogens is 1. The largest absolute Gasteiger partial charge is 0.490 e. The Balaban J connectivity index is 0.994. The van der Waals surface area contributed by atoms with Crippen molar-refractivity contribution in [1.82, 2.24) is 20.4 Å². The maximum Gasteiger partial charge on any atom is 0.253 e. The fourth-order valence-electron chi connectivity index (χ4n) is 7.29. The third kappa shape index (κ3) is 7.22. The van der Waals surface area contributed by atoms with Gasteiger partial charge in [-0.3, -0.25) is 9.59 Å². The zero-order valence-electron chi connectivity index (χ0n) is 26.1. The second-order valence-corrected chi connectivity index (χ2v) is 13.4. The van der Waals surface area contributed by atoms with Gasteiger partial charge in [-0.2, -0.15) is 0 Å². The summed E-state index contributed by atoms with van der Waals surface area (Å²) in [6.07, 6.45) is 6.25. The number of piperidine rings is 2. The Bertz CT molecular complexity index is 1360. The van der Waals surface area contributed by atoms with E-state index in [-0.39, 0.29) is 35.8 Å². The number of carbonyl (C=O) groups is 2. The van der Waals surface area contributed by atoms with Crippen molar-refractivity contribution in [2.24, 2.45) is 5.92 Å². The Morgan fingerprint density at radius 1 is 0.733 bits per heavy atom. The molecule has 4 aliphatic heterocycles. The highest BCUT2D eigenvalue weighted by atomic mass is 19.1. The summed E-state index contributed by atoms with van der Waals surface area (Å²) in [7, 11) is 0. The van der Waals surface area contributed by atoms with Crippen LogP contribution in [0.2, 0.25) is 0 Å². The van der Waals surface area contributed by atoms with Crippen LogP contribution < -0.4 is 25.0 Å². The van der Waals surface area contributed by atoms with Crippen molar-refractivity contribution in [3.63, 3.8) is 0 Å². The number of piperazine rings is 1. The van der Waals surface area contributed by atoms with Crippen molar-refractivity contribution in [3.05, 3.63) is 53.3 Å². The first-order valence-electron chi connectivity index (χ1n) is 17.0. The van der Waals surface area contributed by atoms with Gasteiger partial charge in [0.1, 0.15) is 29.5 Å². The number of carbonyl (C=O) groups excluding carboxylic acids is 2. The van der Waals surface area contributed by atoms with Gasteiger partial charge >= 0.3 is 0 Å². The number of hydrogen-bond donors (Lipinski definition) is 2. The molecule has 4 heterocycles. The Kier molecular flexibility index (Phi) is 9.12. The lowest BCUT2D eigenvalue weighted by Crippen LogP contribution is -2.43. The van der Waals surface area contributed by atoms with Crippen LogP contribution in [0.3, 0.4) is 0 Å². The third-order valence-electron chi connectivity index (χ3n) is 10.1. The zero-order chi connectivity index (χ0) is 30.8. The molecule has 2 aromatic rings. The van der Waals surface area contributed by atoms with Gasteiger partial charge in [-0.25, -0.2) is 4.39 Å². The summed E-state index contributed by atoms with van der Waals surface area (Å²) >= 11 is 0. The summed E-state index contributed by atoms with van der Waals surface area (Å²) in [6.45, 7) is 7.94. The quantitative estimate of drug-likeness (QED) is 0.466. The molecule has 9 nitrogen and oxygen atoms in total. The maximum absolute atomic E-state index is 14.5. The monoisotopic (exact) mass is 619 g/mol. The van der Waals surface area contributed by atoms with E-state index in [0.717, 1.165) is 101 Å². The molecule has 0 aromatic heterocycles. The predicted molar refractivity (Wildman–Crippen MR) is 171 cm³/mol. The average Bonchev–Trinajstić information content (AvgIpc) is 3.80. The van der Waals surface area contributed by atoms with Gasteiger partial charge in [0.2, 0.25) is 5.91 Å². The summed E-state index contributed by atoms with van der Waals surface area (Å²) in [6, 6.07) is 10.9. The third-order valence-corrected chi connectivity index (χ3v) is 10.1. The van der Waals surface area contributed by atoms with Crippen molar-refractivity contribution >= 4 is 17.5 Å². The van der Waals surface area contributed by atoms with Crippen LogP contribution in [0.5, 0.6) is 11.5 Å². The van der Waals surface area contributed by atoms with E-state index in [2.05, 4.69) is 21.6 Å². The molecule has 1 aliphatic carbocycles. The molecule has 1 saturated carbocycles. The van der Waals surface area contributed by atoms with E-state index >= 15 is 0 Å². The minimum atomic E-state index is -0.291. The van der Waals surface area contributed by atoms with Gasteiger partial charge in [0.05, 0.1) is 0 Å². The normalized spacial score (nSPS) is 23.3. The topological polar surface area (TPSA) is 86.4 Å². The fourth-order valence-corrected chi connectivity index (χ4v) is 7.29. The molecule has 45 heavy (non-hydrogen) atoms. The van der Waals surface area contributed by atoms with Crippen LogP contribution in [-0.4, -0.2) is 99.3 Å². The number of ether oxygens (including phenoxy) is 2. The van der Waals surface area contributed by atoms with Gasteiger partial charge in [-0.1, -0.05) is 0 Å². The Morgan fingerprint density at radius 2 is 1.49 bits per heavy atom. The van der Waals surface area contributed by atoms with E-state index in [0.29, 0.717) is 43.2 Å². The Morgan fingerprint density at radius 3 is 2.20 bits per heavy atom. The molecule has 242 valence electrons. The van der Waals surface area contributed by atoms with E-state index in [1.165, 1.54) is 6.07 Å². The van der Waals surface area contributed by atoms with Crippen molar-refractivity contribution in [3.8, 4) is 11.5 Å². The van der Waals surface area contributed by atoms with Crippen LogP contribution in [0.25, 0.3) is 0 Å². The summed E-state index contributed by atoms with van der Waals surface area (Å²) in [4.78, 5) is 32.5. The molecule has 1 atom stereocenters. The molecule has 5 fully saturated rings. The SMILES string of the molecule is O=C(c1ccc(O[C@H]2CCNC2)c(C2CCN(C(=O)C3CC3)CC2)c1)N1CCC(Oc2cc(F)cc(N3CCNCC3)c2)CC1. The second-order valence-electron chi connectivity index (χ2n) is 13.4. The molecule has 4 saturated heterocycles. The van der Waals surface area contributed by atoms with Crippen molar-refractivity contribution < 1.29 is 23.5 Å². The molecule has 5 aliphatic rings. The zero-order valence-corrected chi connectivity index (χ0v) is 26.1. The molecule has 0 bridgehead atoms. The van der Waals surface area contributed by atoms with Crippen LogP contribution >= 0.6 is 0 Å². The van der Waals surface area contributed by atoms with Crippen molar-refractivity contribution in [1.29, 1.82) is 0 Å². The molecule has 0 spiro atoms. The molecule has 2 N–H and O–H groups in total. The molecular weight excluding hydrogens is 573 g/mol. The standard InChI is InChI=1S/C35H46FN5O4/c36-27-20-28(39-17-11-37-12-18-39)22-31(21-27)44-29-8-15-41(16-9-29)35(43)26-3-4-33(45-30-5-10-38-23-30)32(19-26)24-6-13-40(14-7-24)34(42)25-1-2-25/h3-4,19-22,24-25,29-30,37-38H,1-2,5-18,23H2/t30-/m0/s1. The summed E-state index contributed by atoms with van der Waals surface area (Å²) < 4.78 is 27.2. The van der Waals surface area contributed by atoms with Gasteiger partial charge in [0, 0.05) is 101 Å². The first kappa shape index (κ1) is 30.3. The highest BCUT2D eigenvalue weighted by Crippen LogP contribution is 2.38. The van der Waals surface area contributed by atoms with Crippen LogP contribution in [0.1, 0.15) is 66.8 Å². The Hall–Kier alpha value is -3.37. The molecule has 2 aromatic carbocycles. The van der Waals surface area contributed by atoms with Gasteiger partial charge < -0.3 is 34.8 Å². The Labute approximate surface area is 265 Å².